The van der Waals surface area contributed by atoms with Gasteiger partial charge in [-0.1, -0.05) is 12.1 Å². The Kier molecular flexibility index (Phi) is 4.68. The van der Waals surface area contributed by atoms with Crippen LogP contribution >= 0.6 is 0 Å². The fraction of sp³-hybridized carbons (Fsp3) is 0.350. The van der Waals surface area contributed by atoms with Gasteiger partial charge in [-0.05, 0) is 36.6 Å². The van der Waals surface area contributed by atoms with Gasteiger partial charge < -0.3 is 10.2 Å². The normalized spacial score (nSPS) is 14.2. The third kappa shape index (κ3) is 3.52. The molecule has 152 valence electrons. The van der Waals surface area contributed by atoms with Crippen molar-refractivity contribution in [2.24, 2.45) is 7.05 Å². The van der Waals surface area contributed by atoms with Crippen molar-refractivity contribution in [2.75, 3.05) is 23.3 Å². The monoisotopic (exact) mass is 403 g/mol. The van der Waals surface area contributed by atoms with Gasteiger partial charge in [-0.25, -0.2) is 9.67 Å². The summed E-state index contributed by atoms with van der Waals surface area (Å²) in [6.45, 7) is 3.42. The number of nitrogens with zero attached hydrogens (tertiary/aromatic N) is 4. The molecule has 0 atom stereocenters. The number of pyridine rings is 1. The lowest BCUT2D eigenvalue weighted by atomic mass is 10.0. The maximum Gasteiger partial charge on any atom is 0.416 e. The number of anilines is 2. The summed E-state index contributed by atoms with van der Waals surface area (Å²) in [4.78, 5) is 18.9. The second kappa shape index (κ2) is 7.06. The van der Waals surface area contributed by atoms with Crippen molar-refractivity contribution in [1.29, 1.82) is 0 Å². The van der Waals surface area contributed by atoms with Crippen molar-refractivity contribution in [3.8, 4) is 0 Å². The minimum atomic E-state index is -4.40. The molecule has 0 bridgehead atoms. The predicted octanol–water partition coefficient (Wildman–Crippen LogP) is 3.48. The van der Waals surface area contributed by atoms with Crippen LogP contribution in [0.2, 0.25) is 0 Å². The first kappa shape index (κ1) is 19.2. The fourth-order valence-corrected chi connectivity index (χ4v) is 3.44. The molecule has 0 aliphatic carbocycles. The number of hydrogen-bond donors (Lipinski definition) is 1. The van der Waals surface area contributed by atoms with Gasteiger partial charge in [0, 0.05) is 38.3 Å². The van der Waals surface area contributed by atoms with Crippen LogP contribution < -0.4 is 15.8 Å². The maximum absolute atomic E-state index is 13.2. The Morgan fingerprint density at radius 3 is 2.62 bits per heavy atom. The smallest absolute Gasteiger partial charge is 0.364 e. The van der Waals surface area contributed by atoms with Crippen LogP contribution in [-0.4, -0.2) is 27.9 Å². The third-order valence-corrected chi connectivity index (χ3v) is 5.30. The third-order valence-electron chi connectivity index (χ3n) is 5.30. The molecular weight excluding hydrogens is 383 g/mol. The molecule has 2 aromatic heterocycles. The van der Waals surface area contributed by atoms with E-state index in [-0.39, 0.29) is 17.7 Å². The van der Waals surface area contributed by atoms with E-state index >= 15 is 0 Å². The molecular formula is C20H20F3N5O. The lowest BCUT2D eigenvalue weighted by Gasteiger charge is -2.32. The molecule has 6 nitrogen and oxygen atoms in total. The summed E-state index contributed by atoms with van der Waals surface area (Å²) >= 11 is 0. The summed E-state index contributed by atoms with van der Waals surface area (Å²) in [6, 6.07) is 5.92. The number of nitrogens with one attached hydrogen (secondary N) is 1. The Balaban J connectivity index is 1.71. The summed E-state index contributed by atoms with van der Waals surface area (Å²) in [5.41, 5.74) is -0.243. The van der Waals surface area contributed by atoms with Gasteiger partial charge in [-0.15, -0.1) is 0 Å². The molecule has 0 spiro atoms. The number of hydrogen-bond acceptors (Lipinski definition) is 5. The molecule has 0 radical (unpaired) electrons. The first-order valence-corrected chi connectivity index (χ1v) is 9.27. The first-order chi connectivity index (χ1) is 13.8. The zero-order valence-corrected chi connectivity index (χ0v) is 16.0. The highest BCUT2D eigenvalue weighted by Gasteiger charge is 2.32. The maximum atomic E-state index is 13.2. The van der Waals surface area contributed by atoms with Crippen LogP contribution in [-0.2, 0) is 19.8 Å². The lowest BCUT2D eigenvalue weighted by molar-refractivity contribution is -0.138. The average Bonchev–Trinajstić information content (AvgIpc) is 2.62. The van der Waals surface area contributed by atoms with Gasteiger partial charge in [0.2, 0.25) is 0 Å². The van der Waals surface area contributed by atoms with E-state index in [0.29, 0.717) is 22.2 Å². The molecule has 29 heavy (non-hydrogen) atoms. The minimum Gasteiger partial charge on any atom is -0.364 e. The van der Waals surface area contributed by atoms with Crippen molar-refractivity contribution < 1.29 is 13.2 Å². The average molecular weight is 403 g/mol. The second-order valence-electron chi connectivity index (χ2n) is 7.15. The fourth-order valence-electron chi connectivity index (χ4n) is 3.44. The van der Waals surface area contributed by atoms with E-state index in [4.69, 9.17) is 0 Å². The molecule has 0 unspecified atom stereocenters. The van der Waals surface area contributed by atoms with Gasteiger partial charge >= 0.3 is 6.18 Å². The Labute approximate surface area is 165 Å². The van der Waals surface area contributed by atoms with Crippen LogP contribution in [0.25, 0.3) is 10.8 Å². The van der Waals surface area contributed by atoms with Crippen molar-refractivity contribution in [1.82, 2.24) is 14.8 Å². The number of benzene rings is 1. The summed E-state index contributed by atoms with van der Waals surface area (Å²) in [5, 5.41) is 8.41. The van der Waals surface area contributed by atoms with Gasteiger partial charge in [0.05, 0.1) is 10.9 Å². The van der Waals surface area contributed by atoms with Gasteiger partial charge in [-0.3, -0.25) is 4.79 Å². The van der Waals surface area contributed by atoms with Gasteiger partial charge in [0.25, 0.3) is 5.56 Å². The SMILES string of the molecule is Cc1c(CNc2nn(C)c(=O)c3cnc(N4CCC4)cc23)cccc1C(F)(F)F. The van der Waals surface area contributed by atoms with Crippen molar-refractivity contribution in [3.63, 3.8) is 0 Å². The van der Waals surface area contributed by atoms with Crippen molar-refractivity contribution in [3.05, 3.63) is 57.5 Å². The topological polar surface area (TPSA) is 63.1 Å². The molecule has 1 fully saturated rings. The van der Waals surface area contributed by atoms with Gasteiger partial charge in [0.15, 0.2) is 5.82 Å². The van der Waals surface area contributed by atoms with Crippen LogP contribution in [0.5, 0.6) is 0 Å². The summed E-state index contributed by atoms with van der Waals surface area (Å²) in [7, 11) is 1.53. The molecule has 1 aromatic carbocycles. The molecule has 9 heteroatoms. The Morgan fingerprint density at radius 2 is 1.97 bits per heavy atom. The molecule has 1 saturated heterocycles. The second-order valence-corrected chi connectivity index (χ2v) is 7.15. The Morgan fingerprint density at radius 1 is 1.21 bits per heavy atom. The standard InChI is InChI=1S/C20H20F3N5O/c1-12-13(5-3-6-16(12)20(21,22)23)10-25-18-14-9-17(28-7-4-8-28)24-11-15(14)19(29)27(2)26-18/h3,5-6,9,11H,4,7-8,10H2,1-2H3,(H,25,26). The Bertz CT molecular complexity index is 1140. The predicted molar refractivity (Wildman–Crippen MR) is 105 cm³/mol. The van der Waals surface area contributed by atoms with Crippen LogP contribution in [0.1, 0.15) is 23.1 Å². The lowest BCUT2D eigenvalue weighted by Crippen LogP contribution is -2.37. The highest BCUT2D eigenvalue weighted by Crippen LogP contribution is 2.33. The highest BCUT2D eigenvalue weighted by molar-refractivity contribution is 5.92. The van der Waals surface area contributed by atoms with E-state index in [1.807, 2.05) is 6.07 Å². The quantitative estimate of drug-likeness (QED) is 0.723. The van der Waals surface area contributed by atoms with E-state index in [9.17, 15) is 18.0 Å². The number of aromatic nitrogens is 3. The van der Waals surface area contributed by atoms with E-state index in [2.05, 4.69) is 20.3 Å². The largest absolute Gasteiger partial charge is 0.416 e. The van der Waals surface area contributed by atoms with Gasteiger partial charge in [-0.2, -0.15) is 18.3 Å². The van der Waals surface area contributed by atoms with Crippen LogP contribution in [0.3, 0.4) is 0 Å². The zero-order valence-electron chi connectivity index (χ0n) is 16.0. The zero-order chi connectivity index (χ0) is 20.8. The molecule has 0 amide bonds. The van der Waals surface area contributed by atoms with E-state index in [0.717, 1.165) is 31.4 Å². The molecule has 1 aliphatic heterocycles. The van der Waals surface area contributed by atoms with Gasteiger partial charge in [0.1, 0.15) is 5.82 Å². The van der Waals surface area contributed by atoms with E-state index in [1.54, 1.807) is 6.07 Å². The number of alkyl halides is 3. The summed E-state index contributed by atoms with van der Waals surface area (Å²) in [5.74, 6) is 1.19. The molecule has 3 aromatic rings. The van der Waals surface area contributed by atoms with Crippen LogP contribution in [0, 0.1) is 6.92 Å². The van der Waals surface area contributed by atoms with Crippen molar-refractivity contribution in [2.45, 2.75) is 26.1 Å². The van der Waals surface area contributed by atoms with Crippen LogP contribution in [0.4, 0.5) is 24.8 Å². The molecule has 1 N–H and O–H groups in total. The summed E-state index contributed by atoms with van der Waals surface area (Å²) in [6.07, 6.45) is -1.78. The number of fused-ring (bicyclic) bond motifs is 1. The summed E-state index contributed by atoms with van der Waals surface area (Å²) < 4.78 is 40.7. The Hall–Kier alpha value is -3.10. The van der Waals surface area contributed by atoms with Crippen LogP contribution in [0.15, 0.2) is 35.3 Å². The highest BCUT2D eigenvalue weighted by atomic mass is 19.4. The van der Waals surface area contributed by atoms with Crippen molar-refractivity contribution >= 4 is 22.4 Å². The number of rotatable bonds is 4. The number of halogens is 3. The molecule has 0 saturated carbocycles. The van der Waals surface area contributed by atoms with E-state index in [1.165, 1.54) is 30.9 Å². The van der Waals surface area contributed by atoms with E-state index < -0.39 is 11.7 Å². The molecule has 3 heterocycles. The number of aryl methyl sites for hydroxylation is 1. The molecule has 4 rings (SSSR count). The molecule has 1 aliphatic rings. The minimum absolute atomic E-state index is 0.150. The first-order valence-electron chi connectivity index (χ1n) is 9.27.